The molecule has 176 valence electrons. The Morgan fingerprint density at radius 1 is 0.667 bits per heavy atom. The first-order chi connectivity index (χ1) is 15.2. The predicted octanol–water partition coefficient (Wildman–Crippen LogP) is 7.50. The Morgan fingerprint density at radius 3 is 1.27 bits per heavy atom. The molecule has 11 heteroatoms. The van der Waals surface area contributed by atoms with Crippen LogP contribution in [0.4, 0.5) is 37.7 Å². The maximum Gasteiger partial charge on any atom is 0.404 e. The van der Waals surface area contributed by atoms with Crippen LogP contribution in [0, 0.1) is 27.7 Å². The van der Waals surface area contributed by atoms with Crippen LogP contribution >= 0.6 is 11.8 Å². The van der Waals surface area contributed by atoms with Crippen molar-refractivity contribution in [2.45, 2.75) is 50.5 Å². The van der Waals surface area contributed by atoms with Gasteiger partial charge in [-0.1, -0.05) is 12.1 Å². The van der Waals surface area contributed by atoms with Crippen molar-refractivity contribution in [2.75, 3.05) is 0 Å². The Morgan fingerprint density at radius 2 is 1.00 bits per heavy atom. The van der Waals surface area contributed by atoms with E-state index in [9.17, 15) is 35.9 Å². The number of aliphatic imine (C=N–C) groups is 2. The average Bonchev–Trinajstić information content (AvgIpc) is 2.66. The molecule has 2 aromatic rings. The molecule has 0 aromatic heterocycles. The van der Waals surface area contributed by atoms with Crippen molar-refractivity contribution in [1.29, 1.82) is 0 Å². The number of thioether (sulfide) groups is 1. The number of carbonyl (C=O) groups excluding carboxylic acids is 2. The highest BCUT2D eigenvalue weighted by molar-refractivity contribution is 7.99. The summed E-state index contributed by atoms with van der Waals surface area (Å²) < 4.78 is 84.4. The van der Waals surface area contributed by atoms with Gasteiger partial charge in [0.1, 0.15) is 10.5 Å². The number of alkyl halides is 6. The fourth-order valence-corrected chi connectivity index (χ4v) is 4.79. The molecule has 0 aliphatic carbocycles. The second kappa shape index (κ2) is 9.95. The lowest BCUT2D eigenvalue weighted by Crippen LogP contribution is -2.25. The number of isocyanates is 2. The highest BCUT2D eigenvalue weighted by Gasteiger charge is 2.50. The molecule has 33 heavy (non-hydrogen) atoms. The number of aryl methyl sites for hydroxylation is 4. The minimum Gasteiger partial charge on any atom is -0.211 e. The van der Waals surface area contributed by atoms with E-state index in [1.54, 1.807) is 0 Å². The Labute approximate surface area is 189 Å². The summed E-state index contributed by atoms with van der Waals surface area (Å²) in [6, 6.07) is 4.55. The maximum atomic E-state index is 14.1. The van der Waals surface area contributed by atoms with E-state index in [2.05, 4.69) is 9.98 Å². The van der Waals surface area contributed by atoms with Crippen molar-refractivity contribution in [2.24, 2.45) is 9.98 Å². The zero-order valence-electron chi connectivity index (χ0n) is 17.9. The third-order valence-electron chi connectivity index (χ3n) is 4.93. The van der Waals surface area contributed by atoms with Crippen molar-refractivity contribution in [3.8, 4) is 0 Å². The van der Waals surface area contributed by atoms with E-state index in [1.807, 2.05) is 0 Å². The minimum absolute atomic E-state index is 0.0972. The molecule has 2 unspecified atom stereocenters. The van der Waals surface area contributed by atoms with Gasteiger partial charge in [-0.3, -0.25) is 0 Å². The van der Waals surface area contributed by atoms with Gasteiger partial charge in [0.25, 0.3) is 0 Å². The largest absolute Gasteiger partial charge is 0.404 e. The zero-order chi connectivity index (χ0) is 25.1. The van der Waals surface area contributed by atoms with Gasteiger partial charge in [0.15, 0.2) is 0 Å². The van der Waals surface area contributed by atoms with Crippen LogP contribution in [0.3, 0.4) is 0 Å². The van der Waals surface area contributed by atoms with Gasteiger partial charge in [-0.25, -0.2) is 9.59 Å². The lowest BCUT2D eigenvalue weighted by atomic mass is 10.0. The van der Waals surface area contributed by atoms with E-state index in [1.165, 1.54) is 52.0 Å². The van der Waals surface area contributed by atoms with Crippen LogP contribution in [0.5, 0.6) is 0 Å². The van der Waals surface area contributed by atoms with Gasteiger partial charge in [0, 0.05) is 0 Å². The molecule has 0 saturated carbocycles. The van der Waals surface area contributed by atoms with E-state index in [4.69, 9.17) is 0 Å². The molecular formula is C22H18F6N2O2S. The molecule has 0 saturated heterocycles. The summed E-state index contributed by atoms with van der Waals surface area (Å²) in [6.45, 7) is 5.69. The Bertz CT molecular complexity index is 1060. The highest BCUT2D eigenvalue weighted by Crippen LogP contribution is 2.56. The topological polar surface area (TPSA) is 58.9 Å². The molecule has 0 amide bonds. The molecule has 0 N–H and O–H groups in total. The summed E-state index contributed by atoms with van der Waals surface area (Å²) in [6.07, 6.45) is -7.64. The van der Waals surface area contributed by atoms with Gasteiger partial charge in [0.05, 0.1) is 11.4 Å². The second-order valence-electron chi connectivity index (χ2n) is 7.38. The summed E-state index contributed by atoms with van der Waals surface area (Å²) in [5.74, 6) is 0. The summed E-state index contributed by atoms with van der Waals surface area (Å²) in [5.41, 5.74) is -0.169. The third-order valence-corrected chi connectivity index (χ3v) is 6.52. The van der Waals surface area contributed by atoms with Crippen LogP contribution in [0.1, 0.15) is 43.9 Å². The Balaban J connectivity index is 2.73. The fraction of sp³-hybridized carbons (Fsp3) is 0.364. The number of benzene rings is 2. The molecule has 2 aromatic carbocycles. The first-order valence-corrected chi connectivity index (χ1v) is 10.3. The molecule has 2 rings (SSSR count). The quantitative estimate of drug-likeness (QED) is 0.240. The van der Waals surface area contributed by atoms with Gasteiger partial charge < -0.3 is 0 Å². The SMILES string of the molecule is Cc1cc(C)c(C(SC(c2cc(N=C=O)c(C)cc2C)C(F)(F)F)C(F)(F)F)cc1N=C=O. The minimum atomic E-state index is -5.06. The first kappa shape index (κ1) is 26.4. The molecule has 0 aliphatic heterocycles. The summed E-state index contributed by atoms with van der Waals surface area (Å²) >= 11 is -0.327. The number of rotatable bonds is 6. The number of hydrogen-bond acceptors (Lipinski definition) is 5. The van der Waals surface area contributed by atoms with Gasteiger partial charge >= 0.3 is 12.4 Å². The fourth-order valence-electron chi connectivity index (χ4n) is 3.41. The zero-order valence-corrected chi connectivity index (χ0v) is 18.7. The molecule has 0 fully saturated rings. The maximum absolute atomic E-state index is 14.1. The standard InChI is InChI=1S/C22H18F6N2O2S/c1-11-5-13(3)17(29-9-31)7-15(11)19(21(23,24)25)33-20(22(26,27)28)16-8-18(30-10-32)14(4)6-12(16)2/h5-8,19-20H,1-4H3. The van der Waals surface area contributed by atoms with E-state index in [0.29, 0.717) is 11.1 Å². The predicted molar refractivity (Wildman–Crippen MR) is 113 cm³/mol. The van der Waals surface area contributed by atoms with E-state index in [-0.39, 0.29) is 34.3 Å². The molecular weight excluding hydrogens is 470 g/mol. The average molecular weight is 488 g/mol. The summed E-state index contributed by atoms with van der Waals surface area (Å²) in [5, 5.41) is -5.16. The molecule has 0 bridgehead atoms. The Hall–Kier alpha value is -2.87. The third kappa shape index (κ3) is 6.13. The lowest BCUT2D eigenvalue weighted by molar-refractivity contribution is -0.136. The van der Waals surface area contributed by atoms with Crippen molar-refractivity contribution in [3.05, 3.63) is 57.6 Å². The van der Waals surface area contributed by atoms with E-state index < -0.39 is 34.0 Å². The van der Waals surface area contributed by atoms with Gasteiger partial charge in [-0.05, 0) is 73.2 Å². The normalized spacial score (nSPS) is 13.6. The van der Waals surface area contributed by atoms with Crippen LogP contribution in [0.15, 0.2) is 34.3 Å². The van der Waals surface area contributed by atoms with Crippen LogP contribution in [0.25, 0.3) is 0 Å². The molecule has 0 radical (unpaired) electrons. The molecule has 4 nitrogen and oxygen atoms in total. The molecule has 0 spiro atoms. The lowest BCUT2D eigenvalue weighted by Gasteiger charge is -2.29. The number of hydrogen-bond donors (Lipinski definition) is 0. The number of halogens is 6. The smallest absolute Gasteiger partial charge is 0.211 e. The van der Waals surface area contributed by atoms with Crippen molar-refractivity contribution >= 4 is 35.3 Å². The van der Waals surface area contributed by atoms with Crippen LogP contribution in [-0.2, 0) is 9.59 Å². The van der Waals surface area contributed by atoms with E-state index >= 15 is 0 Å². The Kier molecular flexibility index (Phi) is 7.96. The van der Waals surface area contributed by atoms with Gasteiger partial charge in [0.2, 0.25) is 12.2 Å². The van der Waals surface area contributed by atoms with Gasteiger partial charge in [-0.2, -0.15) is 36.3 Å². The first-order valence-electron chi connectivity index (χ1n) is 9.37. The van der Waals surface area contributed by atoms with Crippen LogP contribution in [0.2, 0.25) is 0 Å². The summed E-state index contributed by atoms with van der Waals surface area (Å²) in [4.78, 5) is 28.0. The molecule has 2 atom stereocenters. The van der Waals surface area contributed by atoms with E-state index in [0.717, 1.165) is 12.1 Å². The second-order valence-corrected chi connectivity index (χ2v) is 8.59. The summed E-state index contributed by atoms with van der Waals surface area (Å²) in [7, 11) is 0. The molecule has 0 aliphatic rings. The van der Waals surface area contributed by atoms with Crippen LogP contribution < -0.4 is 0 Å². The van der Waals surface area contributed by atoms with Crippen molar-refractivity contribution < 1.29 is 35.9 Å². The van der Waals surface area contributed by atoms with Crippen molar-refractivity contribution in [1.82, 2.24) is 0 Å². The monoisotopic (exact) mass is 488 g/mol. The highest BCUT2D eigenvalue weighted by atomic mass is 32.2. The number of nitrogens with zero attached hydrogens (tertiary/aromatic N) is 2. The van der Waals surface area contributed by atoms with Gasteiger partial charge in [-0.15, -0.1) is 11.8 Å². The molecule has 0 heterocycles. The van der Waals surface area contributed by atoms with Crippen LogP contribution in [-0.4, -0.2) is 24.5 Å². The van der Waals surface area contributed by atoms with Crippen molar-refractivity contribution in [3.63, 3.8) is 0 Å².